The highest BCUT2D eigenvalue weighted by molar-refractivity contribution is 7.89. The zero-order valence-electron chi connectivity index (χ0n) is 12.9. The summed E-state index contributed by atoms with van der Waals surface area (Å²) in [4.78, 5) is -0.0273. The van der Waals surface area contributed by atoms with Gasteiger partial charge >= 0.3 is 0 Å². The molecule has 1 heterocycles. The number of hydrogen-bond donors (Lipinski definition) is 1. The summed E-state index contributed by atoms with van der Waals surface area (Å²) in [5.41, 5.74) is 1.94. The van der Waals surface area contributed by atoms with Crippen molar-refractivity contribution in [3.8, 4) is 22.5 Å². The largest absolute Gasteiger partial charge is 0.355 e. The van der Waals surface area contributed by atoms with Crippen LogP contribution in [0.15, 0.2) is 57.9 Å². The first-order valence-corrected chi connectivity index (χ1v) is 8.83. The van der Waals surface area contributed by atoms with Crippen LogP contribution >= 0.6 is 0 Å². The maximum absolute atomic E-state index is 13.6. The Kier molecular flexibility index (Phi) is 4.21. The molecule has 0 unspecified atom stereocenters. The van der Waals surface area contributed by atoms with E-state index in [-0.39, 0.29) is 4.90 Å². The molecule has 0 spiro atoms. The molecule has 0 radical (unpaired) electrons. The molecule has 7 heteroatoms. The summed E-state index contributed by atoms with van der Waals surface area (Å²) in [7, 11) is -3.94. The van der Waals surface area contributed by atoms with Gasteiger partial charge in [0.25, 0.3) is 0 Å². The van der Waals surface area contributed by atoms with Crippen molar-refractivity contribution in [3.63, 3.8) is 0 Å². The SMILES string of the molecule is CCc1noc(-c2cccc(F)c2)c1-c1ccccc1S(N)(=O)=O. The van der Waals surface area contributed by atoms with E-state index in [0.29, 0.717) is 34.6 Å². The minimum atomic E-state index is -3.94. The number of sulfonamides is 1. The van der Waals surface area contributed by atoms with E-state index in [9.17, 15) is 12.8 Å². The van der Waals surface area contributed by atoms with Gasteiger partial charge in [-0.1, -0.05) is 42.4 Å². The molecule has 0 bridgehead atoms. The maximum Gasteiger partial charge on any atom is 0.238 e. The van der Waals surface area contributed by atoms with Crippen molar-refractivity contribution in [2.75, 3.05) is 0 Å². The molecule has 24 heavy (non-hydrogen) atoms. The molecular weight excluding hydrogens is 331 g/mol. The Hall–Kier alpha value is -2.51. The van der Waals surface area contributed by atoms with Gasteiger partial charge in [-0.15, -0.1) is 0 Å². The zero-order valence-corrected chi connectivity index (χ0v) is 13.7. The van der Waals surface area contributed by atoms with Crippen LogP contribution in [0.4, 0.5) is 4.39 Å². The molecule has 1 aromatic heterocycles. The number of primary sulfonamides is 1. The van der Waals surface area contributed by atoms with Gasteiger partial charge in [0.15, 0.2) is 5.76 Å². The lowest BCUT2D eigenvalue weighted by Crippen LogP contribution is -2.13. The molecule has 0 saturated heterocycles. The summed E-state index contributed by atoms with van der Waals surface area (Å²) in [6, 6.07) is 12.2. The van der Waals surface area contributed by atoms with E-state index in [4.69, 9.17) is 9.66 Å². The van der Waals surface area contributed by atoms with Crippen LogP contribution in [0.1, 0.15) is 12.6 Å². The summed E-state index contributed by atoms with van der Waals surface area (Å²) >= 11 is 0. The first kappa shape index (κ1) is 16.4. The van der Waals surface area contributed by atoms with Crippen molar-refractivity contribution in [1.82, 2.24) is 5.16 Å². The molecule has 2 N–H and O–H groups in total. The van der Waals surface area contributed by atoms with Crippen LogP contribution in [-0.4, -0.2) is 13.6 Å². The van der Waals surface area contributed by atoms with Crippen LogP contribution in [0.5, 0.6) is 0 Å². The molecule has 5 nitrogen and oxygen atoms in total. The van der Waals surface area contributed by atoms with Crippen LogP contribution in [-0.2, 0) is 16.4 Å². The van der Waals surface area contributed by atoms with Crippen molar-refractivity contribution in [2.45, 2.75) is 18.2 Å². The van der Waals surface area contributed by atoms with Gasteiger partial charge in [0, 0.05) is 11.1 Å². The van der Waals surface area contributed by atoms with Crippen LogP contribution in [0.2, 0.25) is 0 Å². The Morgan fingerprint density at radius 2 is 1.92 bits per heavy atom. The number of nitrogens with zero attached hydrogens (tertiary/aromatic N) is 1. The monoisotopic (exact) mass is 346 g/mol. The van der Waals surface area contributed by atoms with Crippen LogP contribution < -0.4 is 5.14 Å². The smallest absolute Gasteiger partial charge is 0.238 e. The average Bonchev–Trinajstić information content (AvgIpc) is 2.98. The van der Waals surface area contributed by atoms with E-state index < -0.39 is 15.8 Å². The second-order valence-corrected chi connectivity index (χ2v) is 6.77. The van der Waals surface area contributed by atoms with Gasteiger partial charge in [-0.25, -0.2) is 17.9 Å². The minimum Gasteiger partial charge on any atom is -0.355 e. The molecule has 0 atom stereocenters. The Morgan fingerprint density at radius 1 is 1.17 bits per heavy atom. The van der Waals surface area contributed by atoms with Gasteiger partial charge in [-0.2, -0.15) is 0 Å². The van der Waals surface area contributed by atoms with Crippen LogP contribution in [0.25, 0.3) is 22.5 Å². The fourth-order valence-electron chi connectivity index (χ4n) is 2.59. The molecule has 0 aliphatic heterocycles. The Bertz CT molecular complexity index is 997. The molecule has 124 valence electrons. The van der Waals surface area contributed by atoms with Gasteiger partial charge in [0.1, 0.15) is 5.82 Å². The van der Waals surface area contributed by atoms with Gasteiger partial charge in [0.2, 0.25) is 10.0 Å². The molecule has 3 aromatic rings. The first-order chi connectivity index (χ1) is 11.4. The lowest BCUT2D eigenvalue weighted by Gasteiger charge is -2.09. The zero-order chi connectivity index (χ0) is 17.3. The summed E-state index contributed by atoms with van der Waals surface area (Å²) in [6.45, 7) is 1.87. The van der Waals surface area contributed by atoms with Crippen molar-refractivity contribution in [3.05, 3.63) is 60.0 Å². The van der Waals surface area contributed by atoms with Gasteiger partial charge in [-0.05, 0) is 24.6 Å². The fourth-order valence-corrected chi connectivity index (χ4v) is 3.34. The lowest BCUT2D eigenvalue weighted by atomic mass is 9.98. The molecular formula is C17H15FN2O3S. The number of aryl methyl sites for hydroxylation is 1. The van der Waals surface area contributed by atoms with E-state index in [0.717, 1.165) is 0 Å². The Labute approximate surface area is 139 Å². The quantitative estimate of drug-likeness (QED) is 0.785. The highest BCUT2D eigenvalue weighted by Crippen LogP contribution is 2.38. The predicted molar refractivity (Wildman–Crippen MR) is 88.1 cm³/mol. The highest BCUT2D eigenvalue weighted by atomic mass is 32.2. The van der Waals surface area contributed by atoms with Crippen LogP contribution in [0.3, 0.4) is 0 Å². The summed E-state index contributed by atoms with van der Waals surface area (Å²) < 4.78 is 42.8. The van der Waals surface area contributed by atoms with E-state index in [1.54, 1.807) is 30.3 Å². The third kappa shape index (κ3) is 2.95. The van der Waals surface area contributed by atoms with E-state index in [1.807, 2.05) is 6.92 Å². The van der Waals surface area contributed by atoms with E-state index >= 15 is 0 Å². The first-order valence-electron chi connectivity index (χ1n) is 7.28. The third-order valence-corrected chi connectivity index (χ3v) is 4.62. The maximum atomic E-state index is 13.6. The summed E-state index contributed by atoms with van der Waals surface area (Å²) in [6.07, 6.45) is 0.521. The topological polar surface area (TPSA) is 86.2 Å². The lowest BCUT2D eigenvalue weighted by molar-refractivity contribution is 0.424. The molecule has 0 saturated carbocycles. The van der Waals surface area contributed by atoms with Crippen molar-refractivity contribution >= 4 is 10.0 Å². The number of halogens is 1. The average molecular weight is 346 g/mol. The molecule has 3 rings (SSSR count). The highest BCUT2D eigenvalue weighted by Gasteiger charge is 2.24. The molecule has 0 aliphatic rings. The number of nitrogens with two attached hydrogens (primary N) is 1. The number of rotatable bonds is 4. The van der Waals surface area contributed by atoms with Gasteiger partial charge in [0.05, 0.1) is 16.2 Å². The Balaban J connectivity index is 2.32. The number of benzene rings is 2. The van der Waals surface area contributed by atoms with E-state index in [1.165, 1.54) is 18.2 Å². The van der Waals surface area contributed by atoms with E-state index in [2.05, 4.69) is 5.16 Å². The van der Waals surface area contributed by atoms with Crippen LogP contribution in [0, 0.1) is 5.82 Å². The fraction of sp³-hybridized carbons (Fsp3) is 0.118. The minimum absolute atomic E-state index is 0.0273. The van der Waals surface area contributed by atoms with Gasteiger partial charge in [-0.3, -0.25) is 0 Å². The number of hydrogen-bond acceptors (Lipinski definition) is 4. The van der Waals surface area contributed by atoms with Crippen molar-refractivity contribution in [1.29, 1.82) is 0 Å². The second-order valence-electron chi connectivity index (χ2n) is 5.24. The molecule has 0 amide bonds. The van der Waals surface area contributed by atoms with Gasteiger partial charge < -0.3 is 4.52 Å². The third-order valence-electron chi connectivity index (χ3n) is 3.65. The van der Waals surface area contributed by atoms with Crippen molar-refractivity contribution in [2.24, 2.45) is 5.14 Å². The van der Waals surface area contributed by atoms with Crippen molar-refractivity contribution < 1.29 is 17.3 Å². The molecule has 0 fully saturated rings. The summed E-state index contributed by atoms with van der Waals surface area (Å²) in [5.74, 6) is -0.116. The molecule has 0 aliphatic carbocycles. The second kappa shape index (κ2) is 6.18. The number of aromatic nitrogens is 1. The standard InChI is InChI=1S/C17H15FN2O3S/c1-2-14-16(13-8-3-4-9-15(13)24(19,21)22)17(23-20-14)11-6-5-7-12(18)10-11/h3-10H,2H2,1H3,(H2,19,21,22). The predicted octanol–water partition coefficient (Wildman–Crippen LogP) is 3.36. The Morgan fingerprint density at radius 3 is 2.58 bits per heavy atom. The summed E-state index contributed by atoms with van der Waals surface area (Å²) in [5, 5.41) is 9.34. The normalized spacial score (nSPS) is 11.6. The molecule has 2 aromatic carbocycles.